The Bertz CT molecular complexity index is 1500. The molecule has 0 unspecified atom stereocenters. The summed E-state index contributed by atoms with van der Waals surface area (Å²) in [5.74, 6) is 0.472. The van der Waals surface area contributed by atoms with Crippen molar-refractivity contribution in [3.05, 3.63) is 106 Å². The van der Waals surface area contributed by atoms with Crippen molar-refractivity contribution in [2.75, 3.05) is 26.2 Å². The molecule has 0 spiro atoms. The van der Waals surface area contributed by atoms with Crippen LogP contribution in [0.1, 0.15) is 78.3 Å². The van der Waals surface area contributed by atoms with Crippen LogP contribution in [0, 0.1) is 47.8 Å². The summed E-state index contributed by atoms with van der Waals surface area (Å²) < 4.78 is 0. The number of hydrogen-bond donors (Lipinski definition) is 6. The Labute approximate surface area is 318 Å². The quantitative estimate of drug-likeness (QED) is 0.0424. The molecule has 0 aliphatic carbocycles. The minimum absolute atomic E-state index is 0. The SMILES string of the molecule is Cc1ccc(CC(=N)CC(=N)CCCN(CCCC(=N)CC(=N)Cc2ccc(C)cc2)CCN=C(N)CC(=N)Cc2ccc(C)cc2)cc1.Cl.Cl. The number of benzene rings is 3. The molecular weight excluding hydrogens is 675 g/mol. The minimum Gasteiger partial charge on any atom is -0.387 e. The minimum atomic E-state index is 0. The summed E-state index contributed by atoms with van der Waals surface area (Å²) in [6, 6.07) is 24.7. The number of nitrogens with zero attached hydrogens (tertiary/aromatic N) is 2. The summed E-state index contributed by atoms with van der Waals surface area (Å²) in [4.78, 5) is 6.91. The van der Waals surface area contributed by atoms with Crippen molar-refractivity contribution >= 4 is 59.2 Å². The summed E-state index contributed by atoms with van der Waals surface area (Å²) in [5.41, 5.74) is 16.0. The number of nitrogens with two attached hydrogens (primary N) is 1. The highest BCUT2D eigenvalue weighted by atomic mass is 35.5. The average molecular weight is 734 g/mol. The van der Waals surface area contributed by atoms with Crippen LogP contribution < -0.4 is 5.73 Å². The van der Waals surface area contributed by atoms with E-state index >= 15 is 0 Å². The molecule has 3 aromatic rings. The molecule has 0 bridgehead atoms. The van der Waals surface area contributed by atoms with Crippen molar-refractivity contribution in [1.29, 1.82) is 27.0 Å². The van der Waals surface area contributed by atoms with Crippen molar-refractivity contribution in [2.24, 2.45) is 10.7 Å². The molecule has 276 valence electrons. The van der Waals surface area contributed by atoms with Gasteiger partial charge in [-0.2, -0.15) is 0 Å². The van der Waals surface area contributed by atoms with Gasteiger partial charge in [-0.3, -0.25) is 4.99 Å². The molecule has 0 radical (unpaired) electrons. The van der Waals surface area contributed by atoms with Crippen molar-refractivity contribution in [2.45, 2.75) is 85.0 Å². The summed E-state index contributed by atoms with van der Waals surface area (Å²) in [6.07, 6.45) is 5.77. The van der Waals surface area contributed by atoms with Crippen LogP contribution in [-0.4, -0.2) is 65.5 Å². The van der Waals surface area contributed by atoms with Crippen LogP contribution in [0.3, 0.4) is 0 Å². The molecule has 3 rings (SSSR count). The zero-order valence-electron chi connectivity index (χ0n) is 30.6. The lowest BCUT2D eigenvalue weighted by Crippen LogP contribution is -2.30. The van der Waals surface area contributed by atoms with Crippen LogP contribution in [0.15, 0.2) is 77.8 Å². The largest absolute Gasteiger partial charge is 0.387 e. The van der Waals surface area contributed by atoms with Gasteiger partial charge < -0.3 is 37.7 Å². The van der Waals surface area contributed by atoms with Crippen molar-refractivity contribution in [1.82, 2.24) is 4.90 Å². The first-order valence-electron chi connectivity index (χ1n) is 17.4. The van der Waals surface area contributed by atoms with E-state index in [0.717, 1.165) is 42.6 Å². The van der Waals surface area contributed by atoms with Crippen LogP contribution >= 0.6 is 24.8 Å². The summed E-state index contributed by atoms with van der Waals surface area (Å²) in [7, 11) is 0. The maximum atomic E-state index is 8.50. The summed E-state index contributed by atoms with van der Waals surface area (Å²) in [6.45, 7) is 8.99. The van der Waals surface area contributed by atoms with Crippen molar-refractivity contribution in [3.8, 4) is 0 Å². The molecule has 10 heteroatoms. The van der Waals surface area contributed by atoms with Gasteiger partial charge in [0.2, 0.25) is 0 Å². The number of aryl methyl sites for hydroxylation is 3. The first kappa shape index (κ1) is 45.0. The predicted octanol–water partition coefficient (Wildman–Crippen LogP) is 8.97. The molecule has 0 saturated carbocycles. The van der Waals surface area contributed by atoms with Crippen LogP contribution in [0.2, 0.25) is 0 Å². The number of halogens is 2. The van der Waals surface area contributed by atoms with E-state index < -0.39 is 0 Å². The normalized spacial score (nSPS) is 11.0. The molecular formula is C41H58Cl2N8. The molecule has 0 fully saturated rings. The lowest BCUT2D eigenvalue weighted by Gasteiger charge is -2.22. The molecule has 0 amide bonds. The number of nitrogens with one attached hydrogen (secondary N) is 5. The van der Waals surface area contributed by atoms with Gasteiger partial charge in [0, 0.05) is 73.6 Å². The summed E-state index contributed by atoms with van der Waals surface area (Å²) in [5, 5.41) is 42.2. The van der Waals surface area contributed by atoms with Gasteiger partial charge in [0.05, 0.1) is 12.4 Å². The lowest BCUT2D eigenvalue weighted by atomic mass is 10.0. The smallest absolute Gasteiger partial charge is 0.0994 e. The molecule has 0 aliphatic heterocycles. The van der Waals surface area contributed by atoms with Crippen LogP contribution in [0.5, 0.6) is 0 Å². The topological polar surface area (TPSA) is 161 Å². The van der Waals surface area contributed by atoms with E-state index in [0.29, 0.717) is 98.9 Å². The van der Waals surface area contributed by atoms with E-state index in [4.69, 9.17) is 32.8 Å². The maximum Gasteiger partial charge on any atom is 0.0994 e. The van der Waals surface area contributed by atoms with Gasteiger partial charge in [-0.15, -0.1) is 24.8 Å². The van der Waals surface area contributed by atoms with E-state index in [1.54, 1.807) is 0 Å². The third-order valence-electron chi connectivity index (χ3n) is 8.50. The Morgan fingerprint density at radius 2 is 0.843 bits per heavy atom. The summed E-state index contributed by atoms with van der Waals surface area (Å²) >= 11 is 0. The van der Waals surface area contributed by atoms with E-state index in [1.165, 1.54) is 16.7 Å². The van der Waals surface area contributed by atoms with Crippen molar-refractivity contribution in [3.63, 3.8) is 0 Å². The van der Waals surface area contributed by atoms with E-state index in [-0.39, 0.29) is 24.8 Å². The molecule has 0 saturated heterocycles. The van der Waals surface area contributed by atoms with Crippen LogP contribution in [0.25, 0.3) is 0 Å². The fourth-order valence-corrected chi connectivity index (χ4v) is 5.71. The number of rotatable bonds is 23. The fourth-order valence-electron chi connectivity index (χ4n) is 5.71. The Morgan fingerprint density at radius 1 is 0.510 bits per heavy atom. The molecule has 0 aromatic heterocycles. The highest BCUT2D eigenvalue weighted by Gasteiger charge is 2.11. The number of hydrogen-bond acceptors (Lipinski definition) is 7. The third kappa shape index (κ3) is 19.3. The Kier molecular flexibility index (Phi) is 21.4. The standard InChI is InChI=1S/C41H56N8.2ClH/c1-30-8-14-33(15-9-30)24-38(44)27-36(42)6-4-21-49(22-5-7-37(43)28-39(45)25-34-16-10-31(2)11-17-34)23-20-48-41(47)29-40(46)26-35-18-12-32(3)13-19-35;;/h8-19,42-46H,4-7,20-29H2,1-3H3,(H2,47,48);2*1H. The molecule has 8 nitrogen and oxygen atoms in total. The molecule has 0 aliphatic rings. The molecule has 0 heterocycles. The highest BCUT2D eigenvalue weighted by Crippen LogP contribution is 2.11. The van der Waals surface area contributed by atoms with Gasteiger partial charge in [-0.25, -0.2) is 0 Å². The fraction of sp³-hybridized carbons (Fsp3) is 0.415. The zero-order chi connectivity index (χ0) is 35.6. The third-order valence-corrected chi connectivity index (χ3v) is 8.50. The second-order valence-electron chi connectivity index (χ2n) is 13.5. The van der Waals surface area contributed by atoms with Gasteiger partial charge in [0.15, 0.2) is 0 Å². The molecule has 3 aromatic carbocycles. The average Bonchev–Trinajstić information content (AvgIpc) is 3.04. The Morgan fingerprint density at radius 3 is 1.20 bits per heavy atom. The number of amidine groups is 1. The second kappa shape index (κ2) is 24.2. The van der Waals surface area contributed by atoms with Gasteiger partial charge >= 0.3 is 0 Å². The molecule has 7 N–H and O–H groups in total. The first-order valence-corrected chi connectivity index (χ1v) is 17.4. The maximum absolute atomic E-state index is 8.50. The van der Waals surface area contributed by atoms with Gasteiger partial charge in [-0.1, -0.05) is 89.5 Å². The van der Waals surface area contributed by atoms with Crippen LogP contribution in [0.4, 0.5) is 0 Å². The second-order valence-corrected chi connectivity index (χ2v) is 13.5. The van der Waals surface area contributed by atoms with Crippen LogP contribution in [-0.2, 0) is 19.3 Å². The lowest BCUT2D eigenvalue weighted by molar-refractivity contribution is 0.277. The van der Waals surface area contributed by atoms with Gasteiger partial charge in [0.25, 0.3) is 0 Å². The molecule has 51 heavy (non-hydrogen) atoms. The van der Waals surface area contributed by atoms with E-state index in [2.05, 4.69) is 91.3 Å². The molecule has 0 atom stereocenters. The Hall–Kier alpha value is -3.98. The van der Waals surface area contributed by atoms with Gasteiger partial charge in [-0.05, 0) is 76.2 Å². The Balaban J connectivity index is 0.00000650. The van der Waals surface area contributed by atoms with E-state index in [1.807, 2.05) is 12.1 Å². The zero-order valence-corrected chi connectivity index (χ0v) is 32.2. The number of aliphatic imine (C=N–C) groups is 1. The van der Waals surface area contributed by atoms with Crippen molar-refractivity contribution < 1.29 is 0 Å². The first-order chi connectivity index (χ1) is 23.4. The monoisotopic (exact) mass is 732 g/mol. The van der Waals surface area contributed by atoms with Gasteiger partial charge in [0.1, 0.15) is 0 Å². The predicted molar refractivity (Wildman–Crippen MR) is 223 cm³/mol. The van der Waals surface area contributed by atoms with E-state index in [9.17, 15) is 0 Å². The highest BCUT2D eigenvalue weighted by molar-refractivity contribution is 6.03.